The number of anilines is 2. The minimum Gasteiger partial charge on any atom is -0.381 e. The van der Waals surface area contributed by atoms with E-state index in [2.05, 4.69) is 72.4 Å². The van der Waals surface area contributed by atoms with E-state index in [1.54, 1.807) is 0 Å². The van der Waals surface area contributed by atoms with E-state index in [1.165, 1.54) is 17.7 Å². The molecule has 0 bridgehead atoms. The quantitative estimate of drug-likeness (QED) is 0.641. The van der Waals surface area contributed by atoms with E-state index in [0.717, 1.165) is 52.6 Å². The number of aromatic amines is 1. The fourth-order valence-corrected chi connectivity index (χ4v) is 4.61. The van der Waals surface area contributed by atoms with Gasteiger partial charge in [-0.05, 0) is 73.6 Å². The van der Waals surface area contributed by atoms with Crippen LogP contribution in [-0.2, 0) is 6.54 Å². The van der Waals surface area contributed by atoms with Gasteiger partial charge in [0.05, 0.1) is 5.52 Å². The number of rotatable bonds is 4. The second-order valence-electron chi connectivity index (χ2n) is 8.86. The first-order valence-electron chi connectivity index (χ1n) is 10.6. The highest BCUT2D eigenvalue weighted by Crippen LogP contribution is 2.27. The first-order valence-corrected chi connectivity index (χ1v) is 10.6. The normalized spacial score (nSPS) is 19.5. The third-order valence-corrected chi connectivity index (χ3v) is 6.10. The van der Waals surface area contributed by atoms with Crippen LogP contribution in [0.5, 0.6) is 0 Å². The smallest absolute Gasteiger partial charge is 0.253 e. The zero-order chi connectivity index (χ0) is 20.5. The van der Waals surface area contributed by atoms with E-state index in [4.69, 9.17) is 0 Å². The molecule has 2 atom stereocenters. The molecule has 0 spiro atoms. The number of hydrogen-bond acceptors (Lipinski definition) is 3. The molecule has 1 saturated heterocycles. The van der Waals surface area contributed by atoms with Crippen molar-refractivity contribution in [3.8, 4) is 0 Å². The molecule has 2 aromatic carbocycles. The summed E-state index contributed by atoms with van der Waals surface area (Å²) >= 11 is 0. The highest BCUT2D eigenvalue weighted by atomic mass is 16.1. The van der Waals surface area contributed by atoms with Crippen LogP contribution in [0.4, 0.5) is 11.4 Å². The number of nitrogens with one attached hydrogen (secondary N) is 2. The molecule has 1 aliphatic rings. The molecule has 29 heavy (non-hydrogen) atoms. The number of hydrogen-bond donors (Lipinski definition) is 2. The average Bonchev–Trinajstić information content (AvgIpc) is 2.69. The van der Waals surface area contributed by atoms with Gasteiger partial charge in [-0.15, -0.1) is 0 Å². The van der Waals surface area contributed by atoms with Crippen LogP contribution in [0.25, 0.3) is 10.9 Å². The van der Waals surface area contributed by atoms with Gasteiger partial charge < -0.3 is 15.2 Å². The van der Waals surface area contributed by atoms with E-state index in [-0.39, 0.29) is 5.56 Å². The van der Waals surface area contributed by atoms with Crippen molar-refractivity contribution in [1.82, 2.24) is 4.98 Å². The van der Waals surface area contributed by atoms with Crippen molar-refractivity contribution in [3.63, 3.8) is 0 Å². The summed E-state index contributed by atoms with van der Waals surface area (Å²) < 4.78 is 0. The molecular weight excluding hydrogens is 358 g/mol. The Morgan fingerprint density at radius 2 is 1.66 bits per heavy atom. The van der Waals surface area contributed by atoms with E-state index in [1.807, 2.05) is 13.0 Å². The molecule has 152 valence electrons. The highest BCUT2D eigenvalue weighted by Gasteiger charge is 2.21. The predicted molar refractivity (Wildman–Crippen MR) is 123 cm³/mol. The largest absolute Gasteiger partial charge is 0.381 e. The number of fused-ring (bicyclic) bond motifs is 1. The third-order valence-electron chi connectivity index (χ3n) is 6.10. The molecule has 0 radical (unpaired) electrons. The molecule has 4 nitrogen and oxygen atoms in total. The first kappa shape index (κ1) is 19.6. The molecule has 0 saturated carbocycles. The van der Waals surface area contributed by atoms with Crippen molar-refractivity contribution in [2.24, 2.45) is 11.8 Å². The number of piperidine rings is 1. The summed E-state index contributed by atoms with van der Waals surface area (Å²) in [6.45, 7) is 11.5. The summed E-state index contributed by atoms with van der Waals surface area (Å²) in [4.78, 5) is 18.1. The maximum Gasteiger partial charge on any atom is 0.253 e. The molecule has 0 aliphatic carbocycles. The lowest BCUT2D eigenvalue weighted by Gasteiger charge is -2.36. The third kappa shape index (κ3) is 4.16. The molecule has 2 heterocycles. The van der Waals surface area contributed by atoms with Crippen molar-refractivity contribution in [3.05, 3.63) is 69.5 Å². The lowest BCUT2D eigenvalue weighted by atomic mass is 9.91. The van der Waals surface area contributed by atoms with E-state index in [0.29, 0.717) is 6.54 Å². The Morgan fingerprint density at radius 3 is 2.34 bits per heavy atom. The highest BCUT2D eigenvalue weighted by molar-refractivity contribution is 5.85. The minimum atomic E-state index is -0.0217. The number of aromatic nitrogens is 1. The maximum atomic E-state index is 12.5. The second kappa shape index (κ2) is 7.94. The minimum absolute atomic E-state index is 0.0217. The van der Waals surface area contributed by atoms with Gasteiger partial charge in [0.1, 0.15) is 0 Å². The number of aryl methyl sites for hydroxylation is 2. The zero-order valence-corrected chi connectivity index (χ0v) is 17.9. The van der Waals surface area contributed by atoms with Gasteiger partial charge in [0, 0.05) is 42.0 Å². The van der Waals surface area contributed by atoms with Gasteiger partial charge in [-0.25, -0.2) is 0 Å². The lowest BCUT2D eigenvalue weighted by molar-refractivity contribution is 0.357. The van der Waals surface area contributed by atoms with Gasteiger partial charge in [0.2, 0.25) is 0 Å². The van der Waals surface area contributed by atoms with Crippen molar-refractivity contribution in [2.75, 3.05) is 23.3 Å². The van der Waals surface area contributed by atoms with Crippen molar-refractivity contribution in [2.45, 2.75) is 40.7 Å². The number of nitrogens with zero attached hydrogens (tertiary/aromatic N) is 1. The Kier molecular flexibility index (Phi) is 5.35. The molecule has 2 N–H and O–H groups in total. The summed E-state index contributed by atoms with van der Waals surface area (Å²) in [5.74, 6) is 1.48. The summed E-state index contributed by atoms with van der Waals surface area (Å²) in [5.41, 5.74) is 6.26. The van der Waals surface area contributed by atoms with Crippen LogP contribution in [0.3, 0.4) is 0 Å². The summed E-state index contributed by atoms with van der Waals surface area (Å²) in [6.07, 6.45) is 1.31. The maximum absolute atomic E-state index is 12.5. The van der Waals surface area contributed by atoms with E-state index >= 15 is 0 Å². The summed E-state index contributed by atoms with van der Waals surface area (Å²) in [5, 5.41) is 4.53. The molecular formula is C25H31N3O. The fraction of sp³-hybridized carbons (Fsp3) is 0.400. The van der Waals surface area contributed by atoms with Gasteiger partial charge in [-0.3, -0.25) is 4.79 Å². The van der Waals surface area contributed by atoms with E-state index < -0.39 is 0 Å². The Bertz CT molecular complexity index is 1060. The number of H-pyrrole nitrogens is 1. The Balaban J connectivity index is 1.49. The molecule has 1 fully saturated rings. The Labute approximate surface area is 173 Å². The molecule has 1 aliphatic heterocycles. The predicted octanol–water partition coefficient (Wildman–Crippen LogP) is 5.24. The summed E-state index contributed by atoms with van der Waals surface area (Å²) in [6, 6.07) is 14.8. The van der Waals surface area contributed by atoms with Crippen molar-refractivity contribution < 1.29 is 0 Å². The van der Waals surface area contributed by atoms with Crippen LogP contribution < -0.4 is 15.8 Å². The van der Waals surface area contributed by atoms with Crippen LogP contribution in [0, 0.1) is 25.7 Å². The molecule has 3 aromatic rings. The number of pyridine rings is 1. The van der Waals surface area contributed by atoms with Crippen molar-refractivity contribution >= 4 is 22.3 Å². The van der Waals surface area contributed by atoms with Crippen LogP contribution in [0.2, 0.25) is 0 Å². The summed E-state index contributed by atoms with van der Waals surface area (Å²) in [7, 11) is 0. The van der Waals surface area contributed by atoms with Crippen LogP contribution in [-0.4, -0.2) is 18.1 Å². The van der Waals surface area contributed by atoms with Gasteiger partial charge in [-0.2, -0.15) is 0 Å². The van der Waals surface area contributed by atoms with Crippen molar-refractivity contribution in [1.29, 1.82) is 0 Å². The van der Waals surface area contributed by atoms with Gasteiger partial charge in [-0.1, -0.05) is 26.0 Å². The van der Waals surface area contributed by atoms with Crippen LogP contribution >= 0.6 is 0 Å². The molecule has 1 aromatic heterocycles. The van der Waals surface area contributed by atoms with Gasteiger partial charge in [0.25, 0.3) is 5.56 Å². The Hall–Kier alpha value is -2.75. The van der Waals surface area contributed by atoms with Crippen LogP contribution in [0.15, 0.2) is 47.3 Å². The Morgan fingerprint density at radius 1 is 1.00 bits per heavy atom. The zero-order valence-electron chi connectivity index (χ0n) is 17.9. The SMILES string of the molecule is Cc1ccc(C)c2[nH]c(=O)c(CNc3ccc(N4CC(C)CC(C)C4)cc3)cc12. The van der Waals surface area contributed by atoms with Gasteiger partial charge >= 0.3 is 0 Å². The van der Waals surface area contributed by atoms with Crippen LogP contribution in [0.1, 0.15) is 37.0 Å². The topological polar surface area (TPSA) is 48.1 Å². The molecule has 4 rings (SSSR count). The fourth-order valence-electron chi connectivity index (χ4n) is 4.61. The molecule has 0 amide bonds. The second-order valence-corrected chi connectivity index (χ2v) is 8.86. The monoisotopic (exact) mass is 389 g/mol. The average molecular weight is 390 g/mol. The lowest BCUT2D eigenvalue weighted by Crippen LogP contribution is -2.38. The molecule has 4 heteroatoms. The molecule has 2 unspecified atom stereocenters. The standard InChI is InChI=1S/C25H31N3O/c1-16-11-17(2)15-28(14-16)22-9-7-21(8-10-22)26-13-20-12-23-18(3)5-6-19(4)24(23)27-25(20)29/h5-10,12,16-17,26H,11,13-15H2,1-4H3,(H,27,29). The van der Waals surface area contributed by atoms with Gasteiger partial charge in [0.15, 0.2) is 0 Å². The van der Waals surface area contributed by atoms with E-state index in [9.17, 15) is 4.79 Å². The number of benzene rings is 2. The first-order chi connectivity index (χ1) is 13.9.